The van der Waals surface area contributed by atoms with Crippen LogP contribution in [0.25, 0.3) is 0 Å². The monoisotopic (exact) mass is 350 g/mol. The van der Waals surface area contributed by atoms with Gasteiger partial charge >= 0.3 is 0 Å². The predicted molar refractivity (Wildman–Crippen MR) is 92.0 cm³/mol. The molecule has 2 rings (SSSR count). The number of rotatable bonds is 7. The fourth-order valence-electron chi connectivity index (χ4n) is 2.27. The van der Waals surface area contributed by atoms with Crippen LogP contribution in [0.3, 0.4) is 0 Å². The summed E-state index contributed by atoms with van der Waals surface area (Å²) in [6, 6.07) is 10.4. The molecular weight excluding hydrogens is 330 g/mol. The molecule has 0 saturated carbocycles. The Morgan fingerprint density at radius 2 is 1.88 bits per heavy atom. The highest BCUT2D eigenvalue weighted by molar-refractivity contribution is 6.33. The molecule has 1 aromatic carbocycles. The van der Waals surface area contributed by atoms with Crippen LogP contribution in [0.1, 0.15) is 18.7 Å². The summed E-state index contributed by atoms with van der Waals surface area (Å²) in [5, 5.41) is 6.06. The Hall–Kier alpha value is -2.31. The van der Waals surface area contributed by atoms with Crippen LogP contribution in [0.4, 0.5) is 5.69 Å². The van der Waals surface area contributed by atoms with Crippen molar-refractivity contribution in [2.24, 2.45) is 0 Å². The third kappa shape index (κ3) is 5.40. The van der Waals surface area contributed by atoms with E-state index in [4.69, 9.17) is 16.0 Å². The van der Waals surface area contributed by atoms with E-state index < -0.39 is 0 Å². The maximum Gasteiger partial charge on any atom is 0.279 e. The number of halogens is 1. The van der Waals surface area contributed by atoms with Crippen LogP contribution in [0.2, 0.25) is 5.02 Å². The predicted octanol–water partition coefficient (Wildman–Crippen LogP) is 1.26. The third-order valence-corrected chi connectivity index (χ3v) is 3.75. The number of amides is 2. The zero-order chi connectivity index (χ0) is 17.5. The van der Waals surface area contributed by atoms with E-state index in [-0.39, 0.29) is 30.9 Å². The Kier molecular flexibility index (Phi) is 6.40. The van der Waals surface area contributed by atoms with Gasteiger partial charge in [0.05, 0.1) is 30.1 Å². The van der Waals surface area contributed by atoms with Crippen LogP contribution in [0.5, 0.6) is 0 Å². The van der Waals surface area contributed by atoms with Crippen molar-refractivity contribution in [2.45, 2.75) is 13.0 Å². The number of anilines is 1. The second-order valence-electron chi connectivity index (χ2n) is 5.64. The molecule has 0 fully saturated rings. The fraction of sp³-hybridized carbons (Fsp3) is 0.294. The molecule has 1 unspecified atom stereocenters. The second-order valence-corrected chi connectivity index (χ2v) is 6.05. The normalized spacial score (nSPS) is 13.1. The summed E-state index contributed by atoms with van der Waals surface area (Å²) >= 11 is 6.00. The Bertz CT molecular complexity index is 688. The Morgan fingerprint density at radius 1 is 1.17 bits per heavy atom. The first-order valence-electron chi connectivity index (χ1n) is 7.64. The lowest BCUT2D eigenvalue weighted by atomic mass is 10.2. The molecule has 0 aliphatic heterocycles. The van der Waals surface area contributed by atoms with Crippen LogP contribution in [-0.4, -0.2) is 32.0 Å². The largest absolute Gasteiger partial charge is 0.467 e. The number of hydrogen-bond donors (Lipinski definition) is 3. The molecule has 2 aromatic rings. The molecule has 6 nitrogen and oxygen atoms in total. The first kappa shape index (κ1) is 18.0. The number of nitrogens with one attached hydrogen (secondary N) is 3. The van der Waals surface area contributed by atoms with Gasteiger partial charge in [0, 0.05) is 0 Å². The van der Waals surface area contributed by atoms with E-state index >= 15 is 0 Å². The number of quaternary nitrogens is 1. The van der Waals surface area contributed by atoms with Gasteiger partial charge in [-0.25, -0.2) is 0 Å². The number of para-hydroxylation sites is 1. The first-order chi connectivity index (χ1) is 11.5. The molecule has 0 saturated heterocycles. The highest BCUT2D eigenvalue weighted by Crippen LogP contribution is 2.19. The van der Waals surface area contributed by atoms with Crippen molar-refractivity contribution in [2.75, 3.05) is 25.5 Å². The van der Waals surface area contributed by atoms with Gasteiger partial charge in [0.2, 0.25) is 0 Å². The first-order valence-corrected chi connectivity index (χ1v) is 8.02. The number of hydrogen-bond acceptors (Lipinski definition) is 3. The van der Waals surface area contributed by atoms with Crippen LogP contribution in [0.15, 0.2) is 47.1 Å². The van der Waals surface area contributed by atoms with Gasteiger partial charge in [-0.2, -0.15) is 0 Å². The highest BCUT2D eigenvalue weighted by Gasteiger charge is 2.17. The molecule has 1 aromatic heterocycles. The van der Waals surface area contributed by atoms with Crippen LogP contribution in [0, 0.1) is 0 Å². The van der Waals surface area contributed by atoms with Crippen LogP contribution < -0.4 is 15.5 Å². The summed E-state index contributed by atoms with van der Waals surface area (Å²) in [5.74, 6) is 0.340. The average molecular weight is 351 g/mol. The molecular formula is C17H21ClN3O3+. The number of benzene rings is 1. The molecule has 0 aliphatic carbocycles. The van der Waals surface area contributed by atoms with E-state index in [2.05, 4.69) is 10.6 Å². The topological polar surface area (TPSA) is 75.8 Å². The van der Waals surface area contributed by atoms with Gasteiger partial charge in [-0.3, -0.25) is 9.59 Å². The van der Waals surface area contributed by atoms with E-state index in [1.165, 1.54) is 0 Å². The smallest absolute Gasteiger partial charge is 0.279 e. The lowest BCUT2D eigenvalue weighted by Gasteiger charge is -2.16. The molecule has 1 heterocycles. The fourth-order valence-corrected chi connectivity index (χ4v) is 2.45. The molecule has 0 bridgehead atoms. The van der Waals surface area contributed by atoms with Crippen molar-refractivity contribution in [1.29, 1.82) is 0 Å². The molecule has 3 N–H and O–H groups in total. The Labute approximate surface area is 145 Å². The third-order valence-electron chi connectivity index (χ3n) is 3.42. The lowest BCUT2D eigenvalue weighted by molar-refractivity contribution is -0.862. The zero-order valence-corrected chi connectivity index (χ0v) is 14.4. The molecule has 0 spiro atoms. The van der Waals surface area contributed by atoms with E-state index in [0.717, 1.165) is 4.90 Å². The van der Waals surface area contributed by atoms with Gasteiger partial charge < -0.3 is 20.0 Å². The van der Waals surface area contributed by atoms with Crippen molar-refractivity contribution in [3.63, 3.8) is 0 Å². The maximum atomic E-state index is 12.0. The summed E-state index contributed by atoms with van der Waals surface area (Å²) in [5.41, 5.74) is 0.563. The van der Waals surface area contributed by atoms with Crippen molar-refractivity contribution in [3.8, 4) is 0 Å². The highest BCUT2D eigenvalue weighted by atomic mass is 35.5. The van der Waals surface area contributed by atoms with E-state index in [0.29, 0.717) is 16.5 Å². The number of carbonyl (C=O) groups excluding carboxylic acids is 2. The minimum absolute atomic E-state index is 0.151. The van der Waals surface area contributed by atoms with Crippen molar-refractivity contribution >= 4 is 29.1 Å². The second kappa shape index (κ2) is 8.52. The van der Waals surface area contributed by atoms with Gasteiger partial charge in [0.25, 0.3) is 11.8 Å². The number of likely N-dealkylation sites (N-methyl/N-ethyl adjacent to an activating group) is 1. The van der Waals surface area contributed by atoms with Gasteiger partial charge in [-0.05, 0) is 31.2 Å². The maximum absolute atomic E-state index is 12.0. The molecule has 128 valence electrons. The standard InChI is InChI=1S/C17H20ClN3O3/c1-12(15-8-5-9-24-15)19-16(22)10-21(2)11-17(23)20-14-7-4-3-6-13(14)18/h3-9,12H,10-11H2,1-2H3,(H,19,22)(H,20,23)/p+1/t12-/m1/s1. The molecule has 24 heavy (non-hydrogen) atoms. The molecule has 2 amide bonds. The van der Waals surface area contributed by atoms with E-state index in [9.17, 15) is 9.59 Å². The van der Waals surface area contributed by atoms with Crippen molar-refractivity contribution < 1.29 is 18.9 Å². The summed E-state index contributed by atoms with van der Waals surface area (Å²) in [6.45, 7) is 2.19. The molecule has 7 heteroatoms. The van der Waals surface area contributed by atoms with Crippen LogP contribution >= 0.6 is 11.6 Å². The summed E-state index contributed by atoms with van der Waals surface area (Å²) in [7, 11) is 1.78. The van der Waals surface area contributed by atoms with Gasteiger partial charge in [0.1, 0.15) is 5.76 Å². The number of furan rings is 1. The zero-order valence-electron chi connectivity index (χ0n) is 13.6. The lowest BCUT2D eigenvalue weighted by Crippen LogP contribution is -3.11. The van der Waals surface area contributed by atoms with Gasteiger partial charge in [-0.15, -0.1) is 0 Å². The summed E-state index contributed by atoms with van der Waals surface area (Å²) in [6.07, 6.45) is 1.56. The summed E-state index contributed by atoms with van der Waals surface area (Å²) in [4.78, 5) is 24.8. The SMILES string of the molecule is C[C@@H](NC(=O)C[NH+](C)CC(=O)Nc1ccccc1Cl)c1ccco1. The molecule has 0 aliphatic rings. The van der Waals surface area contributed by atoms with Gasteiger partial charge in [-0.1, -0.05) is 23.7 Å². The molecule has 2 atom stereocenters. The minimum Gasteiger partial charge on any atom is -0.467 e. The van der Waals surface area contributed by atoms with Crippen molar-refractivity contribution in [1.82, 2.24) is 5.32 Å². The Balaban J connectivity index is 1.77. The summed E-state index contributed by atoms with van der Waals surface area (Å²) < 4.78 is 5.25. The molecule has 0 radical (unpaired) electrons. The average Bonchev–Trinajstić information content (AvgIpc) is 3.03. The minimum atomic E-state index is -0.211. The van der Waals surface area contributed by atoms with E-state index in [1.807, 2.05) is 6.92 Å². The van der Waals surface area contributed by atoms with Crippen molar-refractivity contribution in [3.05, 3.63) is 53.4 Å². The Morgan fingerprint density at radius 3 is 2.54 bits per heavy atom. The van der Waals surface area contributed by atoms with Gasteiger partial charge in [0.15, 0.2) is 13.1 Å². The number of carbonyl (C=O) groups is 2. The van der Waals surface area contributed by atoms with Crippen LogP contribution in [-0.2, 0) is 9.59 Å². The van der Waals surface area contributed by atoms with E-state index in [1.54, 1.807) is 49.7 Å². The quantitative estimate of drug-likeness (QED) is 0.703.